The minimum Gasteiger partial charge on any atom is -0.299 e. The average Bonchev–Trinajstić information content (AvgIpc) is 2.31. The fraction of sp³-hybridized carbons (Fsp3) is 1.00. The number of nitrogens with zero attached hydrogens (tertiary/aromatic N) is 1. The number of rotatable bonds is 2. The van der Waals surface area contributed by atoms with Crippen molar-refractivity contribution < 1.29 is 13.2 Å². The highest BCUT2D eigenvalue weighted by molar-refractivity contribution is 4.83. The minimum atomic E-state index is -4.24. The highest BCUT2D eigenvalue weighted by atomic mass is 19.4. The molecule has 1 fully saturated rings. The van der Waals surface area contributed by atoms with Crippen LogP contribution in [-0.4, -0.2) is 36.4 Å². The maximum atomic E-state index is 11.9. The van der Waals surface area contributed by atoms with Gasteiger partial charge in [-0.1, -0.05) is 0 Å². The van der Waals surface area contributed by atoms with Crippen molar-refractivity contribution in [1.82, 2.24) is 10.2 Å². The molecule has 1 saturated heterocycles. The summed E-state index contributed by atoms with van der Waals surface area (Å²) >= 11 is 0. The van der Waals surface area contributed by atoms with Gasteiger partial charge in [-0.25, -0.2) is 5.32 Å². The zero-order chi connectivity index (χ0) is 10.1. The first kappa shape index (κ1) is 10.8. The van der Waals surface area contributed by atoms with E-state index in [0.717, 1.165) is 6.54 Å². The minimum absolute atomic E-state index is 0.333. The first-order chi connectivity index (χ1) is 5.88. The Labute approximate surface area is 76.1 Å². The molecule has 1 aliphatic rings. The molecule has 13 heavy (non-hydrogen) atoms. The van der Waals surface area contributed by atoms with Gasteiger partial charge in [0.2, 0.25) is 0 Å². The lowest BCUT2D eigenvalue weighted by atomic mass is 10.3. The van der Waals surface area contributed by atoms with Crippen LogP contribution < -0.4 is 5.32 Å². The Balaban J connectivity index is 2.33. The summed E-state index contributed by atoms with van der Waals surface area (Å²) in [6, 6.07) is -0.0950. The summed E-state index contributed by atoms with van der Waals surface area (Å²) in [7, 11) is 0. The Hall–Kier alpha value is -0.290. The van der Waals surface area contributed by atoms with Crippen LogP contribution in [0, 0.1) is 0 Å². The Morgan fingerprint density at radius 1 is 1.38 bits per heavy atom. The molecule has 0 aromatic carbocycles. The van der Waals surface area contributed by atoms with Gasteiger partial charge in [-0.2, -0.15) is 13.2 Å². The van der Waals surface area contributed by atoms with Crippen molar-refractivity contribution in [2.45, 2.75) is 38.7 Å². The monoisotopic (exact) mass is 196 g/mol. The van der Waals surface area contributed by atoms with Gasteiger partial charge in [0.05, 0.1) is 0 Å². The van der Waals surface area contributed by atoms with E-state index in [1.807, 2.05) is 18.7 Å². The Bertz CT molecular complexity index is 167. The zero-order valence-electron chi connectivity index (χ0n) is 7.86. The second kappa shape index (κ2) is 3.84. The van der Waals surface area contributed by atoms with Crippen molar-refractivity contribution in [3.63, 3.8) is 0 Å². The number of alkyl halides is 3. The van der Waals surface area contributed by atoms with E-state index in [-0.39, 0.29) is 0 Å². The molecule has 0 unspecified atom stereocenters. The van der Waals surface area contributed by atoms with E-state index in [4.69, 9.17) is 0 Å². The van der Waals surface area contributed by atoms with Gasteiger partial charge in [0.25, 0.3) is 0 Å². The van der Waals surface area contributed by atoms with Crippen LogP contribution >= 0.6 is 0 Å². The highest BCUT2D eigenvalue weighted by Gasteiger charge is 2.34. The quantitative estimate of drug-likeness (QED) is 0.674. The maximum absolute atomic E-state index is 11.9. The fourth-order valence-corrected chi connectivity index (χ4v) is 1.61. The van der Waals surface area contributed by atoms with Crippen LogP contribution in [0.4, 0.5) is 13.2 Å². The van der Waals surface area contributed by atoms with Crippen LogP contribution in [0.25, 0.3) is 0 Å². The third-order valence-corrected chi connectivity index (χ3v) is 2.32. The Morgan fingerprint density at radius 3 is 2.38 bits per heavy atom. The molecule has 1 atom stereocenters. The highest BCUT2D eigenvalue weighted by Crippen LogP contribution is 2.18. The van der Waals surface area contributed by atoms with Crippen molar-refractivity contribution in [2.24, 2.45) is 0 Å². The van der Waals surface area contributed by atoms with E-state index in [1.54, 1.807) is 5.32 Å². The molecule has 0 aromatic rings. The van der Waals surface area contributed by atoms with E-state index in [9.17, 15) is 13.2 Å². The van der Waals surface area contributed by atoms with E-state index in [0.29, 0.717) is 19.0 Å². The van der Waals surface area contributed by atoms with Crippen LogP contribution in [0.1, 0.15) is 20.3 Å². The Morgan fingerprint density at radius 2 is 2.00 bits per heavy atom. The number of likely N-dealkylation sites (tertiary alicyclic amines) is 1. The Kier molecular flexibility index (Phi) is 3.18. The number of nitrogens with one attached hydrogen (secondary N) is 1. The van der Waals surface area contributed by atoms with Crippen molar-refractivity contribution in [3.05, 3.63) is 0 Å². The van der Waals surface area contributed by atoms with Gasteiger partial charge in [0.1, 0.15) is 0 Å². The van der Waals surface area contributed by atoms with Gasteiger partial charge >= 0.3 is 6.30 Å². The smallest absolute Gasteiger partial charge is 0.299 e. The van der Waals surface area contributed by atoms with Gasteiger partial charge < -0.3 is 0 Å². The number of halogens is 3. The molecule has 0 radical (unpaired) electrons. The predicted octanol–water partition coefficient (Wildman–Crippen LogP) is 1.58. The van der Waals surface area contributed by atoms with Crippen molar-refractivity contribution in [3.8, 4) is 0 Å². The molecule has 1 rings (SSSR count). The molecule has 0 spiro atoms. The third kappa shape index (κ3) is 3.52. The number of hydrogen-bond acceptors (Lipinski definition) is 2. The van der Waals surface area contributed by atoms with Gasteiger partial charge in [-0.05, 0) is 20.3 Å². The fourth-order valence-electron chi connectivity index (χ4n) is 1.61. The van der Waals surface area contributed by atoms with Crippen LogP contribution in [-0.2, 0) is 0 Å². The summed E-state index contributed by atoms with van der Waals surface area (Å²) in [5.41, 5.74) is 0. The molecule has 0 amide bonds. The molecule has 2 nitrogen and oxygen atoms in total. The van der Waals surface area contributed by atoms with E-state index in [2.05, 4.69) is 0 Å². The molecule has 0 bridgehead atoms. The lowest BCUT2D eigenvalue weighted by molar-refractivity contribution is -0.163. The summed E-state index contributed by atoms with van der Waals surface area (Å²) in [5, 5.41) is 1.66. The molecule has 0 saturated carbocycles. The van der Waals surface area contributed by atoms with E-state index < -0.39 is 12.3 Å². The van der Waals surface area contributed by atoms with Gasteiger partial charge in [0.15, 0.2) is 0 Å². The summed E-state index contributed by atoms with van der Waals surface area (Å²) in [5.74, 6) is 0. The summed E-state index contributed by atoms with van der Waals surface area (Å²) in [6.45, 7) is 5.24. The second-order valence-corrected chi connectivity index (χ2v) is 3.72. The largest absolute Gasteiger partial charge is 0.457 e. The normalized spacial score (nSPS) is 25.8. The molecular weight excluding hydrogens is 181 g/mol. The molecule has 1 aliphatic heterocycles. The molecular formula is C8H15F3N2. The molecule has 5 heteroatoms. The topological polar surface area (TPSA) is 15.3 Å². The second-order valence-electron chi connectivity index (χ2n) is 3.72. The first-order valence-corrected chi connectivity index (χ1v) is 4.47. The number of hydrogen-bond donors (Lipinski definition) is 1. The predicted molar refractivity (Wildman–Crippen MR) is 44.3 cm³/mol. The molecule has 78 valence electrons. The van der Waals surface area contributed by atoms with Gasteiger partial charge in [0, 0.05) is 25.2 Å². The van der Waals surface area contributed by atoms with Gasteiger partial charge in [-0.3, -0.25) is 4.90 Å². The van der Waals surface area contributed by atoms with Crippen molar-refractivity contribution in [2.75, 3.05) is 13.1 Å². The average molecular weight is 196 g/mol. The zero-order valence-corrected chi connectivity index (χ0v) is 7.86. The van der Waals surface area contributed by atoms with Crippen molar-refractivity contribution in [1.29, 1.82) is 0 Å². The van der Waals surface area contributed by atoms with Crippen LogP contribution in [0.15, 0.2) is 0 Å². The summed E-state index contributed by atoms with van der Waals surface area (Å²) in [4.78, 5) is 2.05. The lowest BCUT2D eigenvalue weighted by Crippen LogP contribution is -2.42. The standard InChI is InChI=1S/C8H15F3N2/c1-6(2)13-4-3-7(5-13)12-8(9,10)11/h6-7,12H,3-5H2,1-2H3/t7-/m0/s1. The van der Waals surface area contributed by atoms with E-state index in [1.165, 1.54) is 0 Å². The van der Waals surface area contributed by atoms with Crippen LogP contribution in [0.2, 0.25) is 0 Å². The van der Waals surface area contributed by atoms with Crippen molar-refractivity contribution >= 4 is 0 Å². The van der Waals surface area contributed by atoms with Crippen LogP contribution in [0.5, 0.6) is 0 Å². The SMILES string of the molecule is CC(C)N1CC[C@H](NC(F)(F)F)C1. The molecule has 0 aromatic heterocycles. The molecule has 0 aliphatic carbocycles. The molecule has 1 heterocycles. The maximum Gasteiger partial charge on any atom is 0.457 e. The lowest BCUT2D eigenvalue weighted by Gasteiger charge is -2.21. The molecule has 1 N–H and O–H groups in total. The summed E-state index contributed by atoms with van der Waals surface area (Å²) < 4.78 is 35.7. The third-order valence-electron chi connectivity index (χ3n) is 2.32. The van der Waals surface area contributed by atoms with Gasteiger partial charge in [-0.15, -0.1) is 0 Å². The van der Waals surface area contributed by atoms with E-state index >= 15 is 0 Å². The summed E-state index contributed by atoms with van der Waals surface area (Å²) in [6.07, 6.45) is -3.66. The first-order valence-electron chi connectivity index (χ1n) is 4.47. The van der Waals surface area contributed by atoms with Crippen LogP contribution in [0.3, 0.4) is 0 Å².